The van der Waals surface area contributed by atoms with Crippen LogP contribution in [0.2, 0.25) is 0 Å². The molecule has 0 amide bonds. The van der Waals surface area contributed by atoms with E-state index in [0.717, 1.165) is 18.5 Å². The summed E-state index contributed by atoms with van der Waals surface area (Å²) < 4.78 is 7.09. The number of fused-ring (bicyclic) bond motifs is 3. The van der Waals surface area contributed by atoms with Crippen molar-refractivity contribution in [2.24, 2.45) is 0 Å². The summed E-state index contributed by atoms with van der Waals surface area (Å²) in [6.45, 7) is 3.10. The number of aryl methyl sites for hydroxylation is 1. The third-order valence-corrected chi connectivity index (χ3v) is 3.64. The molecule has 3 rings (SSSR count). The number of rotatable bonds is 3. The number of benzene rings is 2. The molecule has 1 aromatic heterocycles. The van der Waals surface area contributed by atoms with Crippen LogP contribution in [-0.2, 0) is 11.3 Å². The Morgan fingerprint density at radius 3 is 2.60 bits per heavy atom. The van der Waals surface area contributed by atoms with Crippen LogP contribution in [0.1, 0.15) is 23.7 Å². The molecule has 0 saturated heterocycles. The van der Waals surface area contributed by atoms with Crippen LogP contribution in [-0.4, -0.2) is 17.6 Å². The van der Waals surface area contributed by atoms with E-state index in [1.54, 1.807) is 0 Å². The second-order valence-corrected chi connectivity index (χ2v) is 4.89. The maximum atomic E-state index is 11.7. The summed E-state index contributed by atoms with van der Waals surface area (Å²) in [5, 5.41) is 2.41. The monoisotopic (exact) mass is 267 g/mol. The van der Waals surface area contributed by atoms with Crippen molar-refractivity contribution in [2.45, 2.75) is 19.9 Å². The van der Waals surface area contributed by atoms with Crippen molar-refractivity contribution in [3.8, 4) is 0 Å². The molecule has 1 heterocycles. The van der Waals surface area contributed by atoms with Gasteiger partial charge in [0.15, 0.2) is 0 Å². The Balaban J connectivity index is 2.35. The van der Waals surface area contributed by atoms with E-state index in [-0.39, 0.29) is 5.97 Å². The van der Waals surface area contributed by atoms with Gasteiger partial charge in [-0.25, -0.2) is 4.79 Å². The number of aromatic nitrogens is 1. The van der Waals surface area contributed by atoms with E-state index < -0.39 is 0 Å². The maximum absolute atomic E-state index is 11.7. The molecule has 0 spiro atoms. The average molecular weight is 267 g/mol. The van der Waals surface area contributed by atoms with E-state index in [9.17, 15) is 4.79 Å². The van der Waals surface area contributed by atoms with Crippen LogP contribution in [0.4, 0.5) is 0 Å². The Morgan fingerprint density at radius 2 is 1.85 bits per heavy atom. The minimum absolute atomic E-state index is 0.291. The lowest BCUT2D eigenvalue weighted by atomic mass is 10.1. The summed E-state index contributed by atoms with van der Waals surface area (Å²) in [4.78, 5) is 11.7. The lowest BCUT2D eigenvalue weighted by Crippen LogP contribution is -2.02. The van der Waals surface area contributed by atoms with Gasteiger partial charge < -0.3 is 9.30 Å². The van der Waals surface area contributed by atoms with Gasteiger partial charge in [-0.3, -0.25) is 0 Å². The topological polar surface area (TPSA) is 31.2 Å². The van der Waals surface area contributed by atoms with Gasteiger partial charge >= 0.3 is 5.97 Å². The molecule has 0 unspecified atom stereocenters. The molecule has 3 aromatic rings. The van der Waals surface area contributed by atoms with E-state index in [1.165, 1.54) is 23.4 Å². The third kappa shape index (κ3) is 1.86. The highest BCUT2D eigenvalue weighted by atomic mass is 16.5. The van der Waals surface area contributed by atoms with Gasteiger partial charge in [0.1, 0.15) is 0 Å². The molecular formula is C17H17NO2. The fourth-order valence-electron chi connectivity index (χ4n) is 2.76. The predicted molar refractivity (Wildman–Crippen MR) is 81.1 cm³/mol. The van der Waals surface area contributed by atoms with E-state index in [0.29, 0.717) is 5.56 Å². The average Bonchev–Trinajstić information content (AvgIpc) is 2.81. The Morgan fingerprint density at radius 1 is 1.10 bits per heavy atom. The first kappa shape index (κ1) is 12.7. The first-order chi connectivity index (χ1) is 9.76. The summed E-state index contributed by atoms with van der Waals surface area (Å²) >= 11 is 0. The quantitative estimate of drug-likeness (QED) is 0.672. The molecule has 102 valence electrons. The van der Waals surface area contributed by atoms with Crippen LogP contribution in [0.25, 0.3) is 21.8 Å². The SMILES string of the molecule is CCCn1c2ccccc2c2ccc(C(=O)OC)cc21. The number of methoxy groups -OCH3 is 1. The van der Waals surface area contributed by atoms with Crippen LogP contribution >= 0.6 is 0 Å². The van der Waals surface area contributed by atoms with Crippen molar-refractivity contribution in [3.63, 3.8) is 0 Å². The van der Waals surface area contributed by atoms with Crippen molar-refractivity contribution >= 4 is 27.8 Å². The molecule has 0 fully saturated rings. The number of ether oxygens (including phenoxy) is 1. The lowest BCUT2D eigenvalue weighted by Gasteiger charge is -2.06. The van der Waals surface area contributed by atoms with Gasteiger partial charge in [0.05, 0.1) is 12.7 Å². The highest BCUT2D eigenvalue weighted by Crippen LogP contribution is 2.30. The van der Waals surface area contributed by atoms with Crippen molar-refractivity contribution in [2.75, 3.05) is 7.11 Å². The summed E-state index contributed by atoms with van der Waals surface area (Å²) in [7, 11) is 1.41. The molecule has 0 N–H and O–H groups in total. The first-order valence-electron chi connectivity index (χ1n) is 6.85. The number of hydrogen-bond acceptors (Lipinski definition) is 2. The zero-order valence-corrected chi connectivity index (χ0v) is 11.7. The molecule has 0 saturated carbocycles. The van der Waals surface area contributed by atoms with Crippen LogP contribution in [0.3, 0.4) is 0 Å². The van der Waals surface area contributed by atoms with Crippen molar-refractivity contribution in [1.29, 1.82) is 0 Å². The fourth-order valence-corrected chi connectivity index (χ4v) is 2.76. The Labute approximate surface area is 117 Å². The molecule has 0 aliphatic rings. The van der Waals surface area contributed by atoms with Gasteiger partial charge in [0, 0.05) is 28.4 Å². The summed E-state index contributed by atoms with van der Waals surface area (Å²) in [5.41, 5.74) is 2.91. The van der Waals surface area contributed by atoms with Crippen molar-refractivity contribution < 1.29 is 9.53 Å². The van der Waals surface area contributed by atoms with Crippen LogP contribution in [0, 0.1) is 0 Å². The molecule has 20 heavy (non-hydrogen) atoms. The highest BCUT2D eigenvalue weighted by molar-refractivity contribution is 6.09. The second kappa shape index (κ2) is 5.00. The van der Waals surface area contributed by atoms with Gasteiger partial charge in [-0.05, 0) is 24.6 Å². The highest BCUT2D eigenvalue weighted by Gasteiger charge is 2.12. The first-order valence-corrected chi connectivity index (χ1v) is 6.85. The van der Waals surface area contributed by atoms with Gasteiger partial charge in [-0.15, -0.1) is 0 Å². The lowest BCUT2D eigenvalue weighted by molar-refractivity contribution is 0.0601. The number of hydrogen-bond donors (Lipinski definition) is 0. The molecule has 0 aliphatic carbocycles. The van der Waals surface area contributed by atoms with Gasteiger partial charge in [0.25, 0.3) is 0 Å². The molecule has 0 radical (unpaired) electrons. The summed E-state index contributed by atoms with van der Waals surface area (Å²) in [6.07, 6.45) is 1.05. The van der Waals surface area contributed by atoms with E-state index in [2.05, 4.69) is 29.7 Å². The van der Waals surface area contributed by atoms with E-state index >= 15 is 0 Å². The standard InChI is InChI=1S/C17H17NO2/c1-3-10-18-15-7-5-4-6-13(15)14-9-8-12(11-16(14)18)17(19)20-2/h4-9,11H,3,10H2,1-2H3. The molecular weight excluding hydrogens is 250 g/mol. The number of para-hydroxylation sites is 1. The molecule has 2 aromatic carbocycles. The van der Waals surface area contributed by atoms with E-state index in [4.69, 9.17) is 4.74 Å². The number of carbonyl (C=O) groups is 1. The van der Waals surface area contributed by atoms with Crippen molar-refractivity contribution in [3.05, 3.63) is 48.0 Å². The molecule has 0 aliphatic heterocycles. The number of nitrogens with zero attached hydrogens (tertiary/aromatic N) is 1. The Kier molecular flexibility index (Phi) is 3.18. The van der Waals surface area contributed by atoms with E-state index in [1.807, 2.05) is 24.3 Å². The van der Waals surface area contributed by atoms with Crippen LogP contribution < -0.4 is 0 Å². The molecule has 0 bridgehead atoms. The molecule has 0 atom stereocenters. The normalized spacial score (nSPS) is 11.1. The summed E-state index contributed by atoms with van der Waals surface area (Å²) in [6, 6.07) is 14.1. The fraction of sp³-hybridized carbons (Fsp3) is 0.235. The van der Waals surface area contributed by atoms with Crippen molar-refractivity contribution in [1.82, 2.24) is 4.57 Å². The van der Waals surface area contributed by atoms with Crippen LogP contribution in [0.5, 0.6) is 0 Å². The minimum atomic E-state index is -0.291. The van der Waals surface area contributed by atoms with Gasteiger partial charge in [0.2, 0.25) is 0 Å². The number of carbonyl (C=O) groups excluding carboxylic acids is 1. The zero-order valence-electron chi connectivity index (χ0n) is 11.7. The smallest absolute Gasteiger partial charge is 0.337 e. The van der Waals surface area contributed by atoms with Gasteiger partial charge in [-0.2, -0.15) is 0 Å². The second-order valence-electron chi connectivity index (χ2n) is 4.89. The maximum Gasteiger partial charge on any atom is 0.337 e. The zero-order chi connectivity index (χ0) is 14.1. The van der Waals surface area contributed by atoms with Gasteiger partial charge in [-0.1, -0.05) is 31.2 Å². The van der Waals surface area contributed by atoms with Crippen LogP contribution in [0.15, 0.2) is 42.5 Å². The minimum Gasteiger partial charge on any atom is -0.465 e. The largest absolute Gasteiger partial charge is 0.465 e. The molecule has 3 heteroatoms. The predicted octanol–water partition coefficient (Wildman–Crippen LogP) is 3.99. The molecule has 3 nitrogen and oxygen atoms in total. The Hall–Kier alpha value is -2.29. The third-order valence-electron chi connectivity index (χ3n) is 3.64. The summed E-state index contributed by atoms with van der Waals surface area (Å²) in [5.74, 6) is -0.291. The number of esters is 1. The Bertz CT molecular complexity index is 786.